The molecule has 1 aromatic carbocycles. The number of hydrogen-bond acceptors (Lipinski definition) is 2. The second-order valence-corrected chi connectivity index (χ2v) is 7.09. The number of urea groups is 1. The summed E-state index contributed by atoms with van der Waals surface area (Å²) in [5, 5.41) is 9.10. The van der Waals surface area contributed by atoms with Gasteiger partial charge in [0, 0.05) is 18.5 Å². The third-order valence-electron chi connectivity index (χ3n) is 4.93. The van der Waals surface area contributed by atoms with Gasteiger partial charge in [-0.25, -0.2) is 4.79 Å². The molecule has 2 aliphatic carbocycles. The van der Waals surface area contributed by atoms with Gasteiger partial charge >= 0.3 is 6.03 Å². The van der Waals surface area contributed by atoms with Crippen molar-refractivity contribution in [3.05, 3.63) is 35.4 Å². The van der Waals surface area contributed by atoms with Crippen LogP contribution in [-0.4, -0.2) is 24.0 Å². The fraction of sp³-hybridized carbons (Fsp3) is 0.579. The molecule has 5 nitrogen and oxygen atoms in total. The second kappa shape index (κ2) is 7.69. The van der Waals surface area contributed by atoms with E-state index in [-0.39, 0.29) is 29.9 Å². The highest BCUT2D eigenvalue weighted by Gasteiger charge is 2.34. The molecule has 2 fully saturated rings. The van der Waals surface area contributed by atoms with Gasteiger partial charge in [-0.05, 0) is 38.2 Å². The van der Waals surface area contributed by atoms with Crippen molar-refractivity contribution in [1.29, 1.82) is 0 Å². The fourth-order valence-corrected chi connectivity index (χ4v) is 3.23. The van der Waals surface area contributed by atoms with Crippen LogP contribution in [0.15, 0.2) is 24.3 Å². The van der Waals surface area contributed by atoms with E-state index in [9.17, 15) is 9.59 Å². The lowest BCUT2D eigenvalue weighted by Gasteiger charge is -2.32. The molecule has 0 heterocycles. The van der Waals surface area contributed by atoms with Crippen LogP contribution >= 0.6 is 0 Å². The molecule has 0 spiro atoms. The van der Waals surface area contributed by atoms with Crippen LogP contribution in [0.5, 0.6) is 0 Å². The molecule has 2 saturated carbocycles. The normalized spacial score (nSPS) is 23.4. The molecule has 0 aliphatic heterocycles. The van der Waals surface area contributed by atoms with Gasteiger partial charge in [0.15, 0.2) is 0 Å². The van der Waals surface area contributed by atoms with Gasteiger partial charge in [0.05, 0.1) is 6.04 Å². The van der Waals surface area contributed by atoms with E-state index in [1.54, 1.807) is 0 Å². The van der Waals surface area contributed by atoms with Crippen molar-refractivity contribution in [2.75, 3.05) is 0 Å². The Morgan fingerprint density at radius 1 is 0.958 bits per heavy atom. The molecule has 0 radical (unpaired) electrons. The van der Waals surface area contributed by atoms with Gasteiger partial charge in [-0.2, -0.15) is 0 Å². The maximum atomic E-state index is 12.2. The summed E-state index contributed by atoms with van der Waals surface area (Å²) in [6.07, 6.45) is 6.09. The lowest BCUT2D eigenvalue weighted by molar-refractivity contribution is -0.123. The van der Waals surface area contributed by atoms with E-state index in [0.29, 0.717) is 6.54 Å². The van der Waals surface area contributed by atoms with Gasteiger partial charge in [-0.3, -0.25) is 4.79 Å². The molecule has 3 rings (SSSR count). The van der Waals surface area contributed by atoms with Crippen molar-refractivity contribution in [3.8, 4) is 0 Å². The minimum absolute atomic E-state index is 0.0273. The van der Waals surface area contributed by atoms with Gasteiger partial charge in [-0.1, -0.05) is 42.7 Å². The second-order valence-electron chi connectivity index (χ2n) is 7.09. The number of rotatable bonds is 5. The van der Waals surface area contributed by atoms with E-state index < -0.39 is 0 Å². The topological polar surface area (TPSA) is 70.2 Å². The minimum Gasteiger partial charge on any atom is -0.351 e. The summed E-state index contributed by atoms with van der Waals surface area (Å²) in [7, 11) is 0. The zero-order valence-electron chi connectivity index (χ0n) is 14.3. The van der Waals surface area contributed by atoms with Gasteiger partial charge in [0.1, 0.15) is 0 Å². The minimum atomic E-state index is -0.159. The van der Waals surface area contributed by atoms with Crippen molar-refractivity contribution >= 4 is 11.9 Å². The highest BCUT2D eigenvalue weighted by molar-refractivity contribution is 5.81. The van der Waals surface area contributed by atoms with E-state index in [1.165, 1.54) is 5.56 Å². The summed E-state index contributed by atoms with van der Waals surface area (Å²) < 4.78 is 0. The zero-order chi connectivity index (χ0) is 16.9. The number of benzene rings is 1. The summed E-state index contributed by atoms with van der Waals surface area (Å²) in [4.78, 5) is 24.2. The van der Waals surface area contributed by atoms with Gasteiger partial charge in [0.2, 0.25) is 5.91 Å². The summed E-state index contributed by atoms with van der Waals surface area (Å²) in [5.74, 6) is 0.372. The smallest absolute Gasteiger partial charge is 0.315 e. The van der Waals surface area contributed by atoms with E-state index in [2.05, 4.69) is 16.0 Å². The summed E-state index contributed by atoms with van der Waals surface area (Å²) in [5.41, 5.74) is 2.29. The molecule has 0 saturated heterocycles. The molecule has 2 aliphatic rings. The number of carbonyl (C=O) groups is 2. The van der Waals surface area contributed by atoms with Crippen molar-refractivity contribution in [2.45, 2.75) is 64.1 Å². The lowest BCUT2D eigenvalue weighted by atomic mass is 9.90. The molecule has 5 heteroatoms. The standard InChI is InChI=1S/C19H27N3O2/c1-13-6-8-14(9-7-13)12-20-19(24)22-17-5-3-2-4-16(17)21-18(23)15-10-11-15/h6-9,15-17H,2-5,10-12H2,1H3,(H,21,23)(H2,20,22,24). The van der Waals surface area contributed by atoms with Crippen LogP contribution in [0.1, 0.15) is 49.7 Å². The van der Waals surface area contributed by atoms with Gasteiger partial charge in [0.25, 0.3) is 0 Å². The van der Waals surface area contributed by atoms with E-state index in [0.717, 1.165) is 44.1 Å². The predicted octanol–water partition coefficient (Wildman–Crippen LogP) is 2.63. The summed E-state index contributed by atoms with van der Waals surface area (Å²) >= 11 is 0. The predicted molar refractivity (Wildman–Crippen MR) is 93.5 cm³/mol. The molecule has 0 bridgehead atoms. The Bertz CT molecular complexity index is 581. The lowest BCUT2D eigenvalue weighted by Crippen LogP contribution is -2.55. The summed E-state index contributed by atoms with van der Waals surface area (Å²) in [6.45, 7) is 2.56. The molecule has 2 atom stereocenters. The summed E-state index contributed by atoms with van der Waals surface area (Å²) in [6, 6.07) is 8.06. The first-order valence-corrected chi connectivity index (χ1v) is 9.02. The Morgan fingerprint density at radius 2 is 1.58 bits per heavy atom. The van der Waals surface area contributed by atoms with E-state index >= 15 is 0 Å². The Morgan fingerprint density at radius 3 is 2.21 bits per heavy atom. The van der Waals surface area contributed by atoms with E-state index in [1.807, 2.05) is 31.2 Å². The van der Waals surface area contributed by atoms with Crippen molar-refractivity contribution in [2.24, 2.45) is 5.92 Å². The van der Waals surface area contributed by atoms with Crippen LogP contribution in [-0.2, 0) is 11.3 Å². The van der Waals surface area contributed by atoms with Gasteiger partial charge < -0.3 is 16.0 Å². The monoisotopic (exact) mass is 329 g/mol. The van der Waals surface area contributed by atoms with Crippen LogP contribution < -0.4 is 16.0 Å². The number of aryl methyl sites for hydroxylation is 1. The Hall–Kier alpha value is -2.04. The fourth-order valence-electron chi connectivity index (χ4n) is 3.23. The molecular formula is C19H27N3O2. The first-order valence-electron chi connectivity index (χ1n) is 9.02. The number of nitrogens with one attached hydrogen (secondary N) is 3. The highest BCUT2D eigenvalue weighted by Crippen LogP contribution is 2.29. The van der Waals surface area contributed by atoms with Crippen LogP contribution in [0.3, 0.4) is 0 Å². The average Bonchev–Trinajstić information content (AvgIpc) is 3.41. The quantitative estimate of drug-likeness (QED) is 0.777. The maximum absolute atomic E-state index is 12.2. The Labute approximate surface area is 143 Å². The Kier molecular flexibility index (Phi) is 5.38. The molecule has 24 heavy (non-hydrogen) atoms. The molecular weight excluding hydrogens is 302 g/mol. The zero-order valence-corrected chi connectivity index (χ0v) is 14.3. The SMILES string of the molecule is Cc1ccc(CNC(=O)NC2CCCCC2NC(=O)C2CC2)cc1. The van der Waals surface area contributed by atoms with Crippen molar-refractivity contribution in [1.82, 2.24) is 16.0 Å². The van der Waals surface area contributed by atoms with Crippen LogP contribution in [0.2, 0.25) is 0 Å². The molecule has 3 N–H and O–H groups in total. The number of carbonyl (C=O) groups excluding carboxylic acids is 2. The third kappa shape index (κ3) is 4.73. The molecule has 1 aromatic rings. The van der Waals surface area contributed by atoms with Crippen LogP contribution in [0.4, 0.5) is 4.79 Å². The third-order valence-corrected chi connectivity index (χ3v) is 4.93. The average molecular weight is 329 g/mol. The largest absolute Gasteiger partial charge is 0.351 e. The first-order chi connectivity index (χ1) is 11.6. The van der Waals surface area contributed by atoms with Crippen molar-refractivity contribution < 1.29 is 9.59 Å². The number of amides is 3. The van der Waals surface area contributed by atoms with Crippen LogP contribution in [0.25, 0.3) is 0 Å². The first kappa shape index (κ1) is 16.8. The molecule has 130 valence electrons. The molecule has 2 unspecified atom stereocenters. The van der Waals surface area contributed by atoms with Crippen LogP contribution in [0, 0.1) is 12.8 Å². The van der Waals surface area contributed by atoms with Gasteiger partial charge in [-0.15, -0.1) is 0 Å². The Balaban J connectivity index is 1.47. The van der Waals surface area contributed by atoms with E-state index in [4.69, 9.17) is 0 Å². The highest BCUT2D eigenvalue weighted by atomic mass is 16.2. The molecule has 3 amide bonds. The number of hydrogen-bond donors (Lipinski definition) is 3. The maximum Gasteiger partial charge on any atom is 0.315 e. The molecule has 0 aromatic heterocycles. The van der Waals surface area contributed by atoms with Crippen molar-refractivity contribution in [3.63, 3.8) is 0 Å².